The van der Waals surface area contributed by atoms with Crippen LogP contribution in [0, 0.1) is 0 Å². The summed E-state index contributed by atoms with van der Waals surface area (Å²) in [5, 5.41) is 6.32. The number of fused-ring (bicyclic) bond motifs is 4. The Kier molecular flexibility index (Phi) is 11.7. The summed E-state index contributed by atoms with van der Waals surface area (Å²) in [5.41, 5.74) is 15.2. The van der Waals surface area contributed by atoms with E-state index >= 15 is 0 Å². The van der Waals surface area contributed by atoms with E-state index in [1.54, 1.807) is 0 Å². The van der Waals surface area contributed by atoms with Gasteiger partial charge in [-0.25, -0.2) is 4.79 Å². The quantitative estimate of drug-likeness (QED) is 0.0843. The van der Waals surface area contributed by atoms with Crippen molar-refractivity contribution in [3.05, 3.63) is 93.4 Å². The number of azide groups is 1. The topological polar surface area (TPSA) is 133 Å². The molecular formula is C33H38N4O7. The number of alkyl carbamates (subject to hydrolysis) is 1. The summed E-state index contributed by atoms with van der Waals surface area (Å²) in [5.74, 6) is 1.49. The zero-order valence-electron chi connectivity index (χ0n) is 24.7. The minimum absolute atomic E-state index is 0.0258. The van der Waals surface area contributed by atoms with E-state index in [2.05, 4.69) is 39.6 Å². The molecule has 0 bridgehead atoms. The first-order valence-electron chi connectivity index (χ1n) is 15.0. The van der Waals surface area contributed by atoms with Gasteiger partial charge in [-0.2, -0.15) is 0 Å². The maximum Gasteiger partial charge on any atom is 0.407 e. The average molecular weight is 603 g/mol. The predicted octanol–water partition coefficient (Wildman–Crippen LogP) is 5.79. The molecule has 3 aromatic rings. The number of amides is 1. The van der Waals surface area contributed by atoms with E-state index in [-0.39, 0.29) is 19.3 Å². The summed E-state index contributed by atoms with van der Waals surface area (Å²) in [6, 6.07) is 20.6. The smallest absolute Gasteiger partial charge is 0.407 e. The lowest BCUT2D eigenvalue weighted by atomic mass is 9.98. The van der Waals surface area contributed by atoms with Crippen molar-refractivity contribution < 1.29 is 33.2 Å². The van der Waals surface area contributed by atoms with Gasteiger partial charge in [-0.3, -0.25) is 0 Å². The van der Waals surface area contributed by atoms with E-state index in [0.717, 1.165) is 35.5 Å². The van der Waals surface area contributed by atoms with E-state index in [0.29, 0.717) is 59.2 Å². The zero-order chi connectivity index (χ0) is 30.4. The number of carbonyl (C=O) groups is 1. The van der Waals surface area contributed by atoms with Gasteiger partial charge in [-0.15, -0.1) is 0 Å². The average Bonchev–Trinajstić information content (AvgIpc) is 3.64. The van der Waals surface area contributed by atoms with E-state index in [4.69, 9.17) is 34.0 Å². The largest absolute Gasteiger partial charge is 0.454 e. The fourth-order valence-corrected chi connectivity index (χ4v) is 5.50. The Labute approximate surface area is 257 Å². The second kappa shape index (κ2) is 16.5. The molecule has 5 rings (SSSR count). The van der Waals surface area contributed by atoms with Crippen molar-refractivity contribution in [2.45, 2.75) is 25.2 Å². The number of aryl methyl sites for hydroxylation is 1. The minimum atomic E-state index is -0.426. The standard InChI is InChI=1S/C33H38N4O7/c34-37-36-13-15-40-17-19-41-18-16-39-14-5-6-24-20-31-32(44-23-43-31)21-25(24)11-12-35-33(38)42-22-30-28-9-3-1-7-26(28)27-8-2-4-10-29(27)30/h1-4,7-10,20-21,30H,5-6,11-19,22-23H2,(H,35,38). The molecule has 0 radical (unpaired) electrons. The van der Waals surface area contributed by atoms with Crippen molar-refractivity contribution in [2.75, 3.05) is 66.1 Å². The molecule has 11 heteroatoms. The second-order valence-corrected chi connectivity index (χ2v) is 10.4. The fourth-order valence-electron chi connectivity index (χ4n) is 5.50. The van der Waals surface area contributed by atoms with Crippen LogP contribution in [0.1, 0.15) is 34.6 Å². The van der Waals surface area contributed by atoms with Crippen LogP contribution >= 0.6 is 0 Å². The molecule has 0 saturated carbocycles. The number of ether oxygens (including phenoxy) is 6. The van der Waals surface area contributed by atoms with Crippen molar-refractivity contribution in [1.29, 1.82) is 0 Å². The SMILES string of the molecule is [N-]=[N+]=NCCOCCOCCOCCCc1cc2c(cc1CCNC(=O)OCC1c3ccccc3-c3ccccc31)OCO2. The number of carbonyl (C=O) groups excluding carboxylic acids is 1. The van der Waals surface area contributed by atoms with Gasteiger partial charge in [0.05, 0.1) is 33.0 Å². The lowest BCUT2D eigenvalue weighted by Gasteiger charge is -2.15. The molecule has 44 heavy (non-hydrogen) atoms. The van der Waals surface area contributed by atoms with Crippen molar-refractivity contribution in [3.63, 3.8) is 0 Å². The molecule has 1 heterocycles. The first-order chi connectivity index (χ1) is 21.7. The lowest BCUT2D eigenvalue weighted by Crippen LogP contribution is -2.28. The predicted molar refractivity (Wildman–Crippen MR) is 164 cm³/mol. The van der Waals surface area contributed by atoms with Crippen LogP contribution in [0.5, 0.6) is 11.5 Å². The molecule has 1 aliphatic heterocycles. The lowest BCUT2D eigenvalue weighted by molar-refractivity contribution is 0.0156. The number of hydrogen-bond donors (Lipinski definition) is 1. The Hall–Kier alpha value is -4.28. The van der Waals surface area contributed by atoms with Crippen molar-refractivity contribution in [2.24, 2.45) is 5.11 Å². The van der Waals surface area contributed by atoms with Gasteiger partial charge in [0.2, 0.25) is 6.79 Å². The van der Waals surface area contributed by atoms with Crippen LogP contribution in [0.25, 0.3) is 21.6 Å². The van der Waals surface area contributed by atoms with E-state index in [1.165, 1.54) is 22.3 Å². The Balaban J connectivity index is 1.02. The summed E-state index contributed by atoms with van der Waals surface area (Å²) < 4.78 is 33.4. The van der Waals surface area contributed by atoms with Crippen LogP contribution in [-0.2, 0) is 31.8 Å². The molecule has 2 aliphatic rings. The minimum Gasteiger partial charge on any atom is -0.454 e. The molecule has 0 aromatic heterocycles. The van der Waals surface area contributed by atoms with Gasteiger partial charge in [-0.1, -0.05) is 53.6 Å². The molecular weight excluding hydrogens is 564 g/mol. The first kappa shape index (κ1) is 31.2. The third-order valence-electron chi connectivity index (χ3n) is 7.58. The number of nitrogens with one attached hydrogen (secondary N) is 1. The van der Waals surface area contributed by atoms with Gasteiger partial charge in [0.25, 0.3) is 0 Å². The van der Waals surface area contributed by atoms with Gasteiger partial charge < -0.3 is 33.7 Å². The first-order valence-corrected chi connectivity index (χ1v) is 15.0. The third kappa shape index (κ3) is 8.42. The van der Waals surface area contributed by atoms with Gasteiger partial charge in [0.1, 0.15) is 6.61 Å². The normalized spacial score (nSPS) is 12.8. The fraction of sp³-hybridized carbons (Fsp3) is 0.424. The van der Waals surface area contributed by atoms with Crippen LogP contribution in [0.4, 0.5) is 4.79 Å². The Morgan fingerprint density at radius 2 is 1.43 bits per heavy atom. The molecule has 1 N–H and O–H groups in total. The van der Waals surface area contributed by atoms with E-state index < -0.39 is 6.09 Å². The molecule has 0 unspecified atom stereocenters. The third-order valence-corrected chi connectivity index (χ3v) is 7.58. The van der Waals surface area contributed by atoms with Crippen LogP contribution in [0.2, 0.25) is 0 Å². The Morgan fingerprint density at radius 1 is 0.841 bits per heavy atom. The Morgan fingerprint density at radius 3 is 2.09 bits per heavy atom. The van der Waals surface area contributed by atoms with E-state index in [1.807, 2.05) is 36.4 Å². The van der Waals surface area contributed by atoms with E-state index in [9.17, 15) is 4.79 Å². The Bertz CT molecular complexity index is 1400. The van der Waals surface area contributed by atoms with Crippen molar-refractivity contribution >= 4 is 6.09 Å². The number of rotatable bonds is 18. The van der Waals surface area contributed by atoms with Gasteiger partial charge >= 0.3 is 6.09 Å². The molecule has 0 atom stereocenters. The maximum absolute atomic E-state index is 12.7. The molecule has 0 fully saturated rings. The number of nitrogens with zero attached hydrogens (tertiary/aromatic N) is 3. The highest BCUT2D eigenvalue weighted by atomic mass is 16.7. The highest BCUT2D eigenvalue weighted by molar-refractivity contribution is 5.79. The van der Waals surface area contributed by atoms with Crippen LogP contribution in [0.3, 0.4) is 0 Å². The van der Waals surface area contributed by atoms with Gasteiger partial charge in [0, 0.05) is 30.5 Å². The molecule has 0 spiro atoms. The van der Waals surface area contributed by atoms with Gasteiger partial charge in [0.15, 0.2) is 11.5 Å². The van der Waals surface area contributed by atoms with Crippen LogP contribution in [0.15, 0.2) is 65.8 Å². The highest BCUT2D eigenvalue weighted by Gasteiger charge is 2.29. The summed E-state index contributed by atoms with van der Waals surface area (Å²) in [6.07, 6.45) is 1.84. The maximum atomic E-state index is 12.7. The monoisotopic (exact) mass is 602 g/mol. The summed E-state index contributed by atoms with van der Waals surface area (Å²) >= 11 is 0. The zero-order valence-corrected chi connectivity index (χ0v) is 24.7. The molecule has 1 aliphatic carbocycles. The number of benzene rings is 3. The molecule has 3 aromatic carbocycles. The molecule has 232 valence electrons. The van der Waals surface area contributed by atoms with Crippen LogP contribution < -0.4 is 14.8 Å². The highest BCUT2D eigenvalue weighted by Crippen LogP contribution is 2.44. The van der Waals surface area contributed by atoms with Crippen molar-refractivity contribution in [1.82, 2.24) is 5.32 Å². The summed E-state index contributed by atoms with van der Waals surface area (Å²) in [7, 11) is 0. The molecule has 11 nitrogen and oxygen atoms in total. The van der Waals surface area contributed by atoms with Crippen molar-refractivity contribution in [3.8, 4) is 22.6 Å². The summed E-state index contributed by atoms with van der Waals surface area (Å²) in [4.78, 5) is 15.3. The van der Waals surface area contributed by atoms with Crippen LogP contribution in [-0.4, -0.2) is 72.2 Å². The molecule has 0 saturated heterocycles. The molecule has 1 amide bonds. The van der Waals surface area contributed by atoms with Gasteiger partial charge in [-0.05, 0) is 70.3 Å². The second-order valence-electron chi connectivity index (χ2n) is 10.4. The number of hydrogen-bond acceptors (Lipinski definition) is 8. The summed E-state index contributed by atoms with van der Waals surface area (Å²) in [6.45, 7) is 4.12.